The van der Waals surface area contributed by atoms with Crippen molar-refractivity contribution in [2.75, 3.05) is 26.7 Å². The van der Waals surface area contributed by atoms with Gasteiger partial charge in [0.2, 0.25) is 0 Å². The zero-order chi connectivity index (χ0) is 13.7. The van der Waals surface area contributed by atoms with Crippen molar-refractivity contribution in [3.05, 3.63) is 35.4 Å². The van der Waals surface area contributed by atoms with E-state index in [0.717, 1.165) is 32.5 Å². The van der Waals surface area contributed by atoms with Crippen molar-refractivity contribution in [1.29, 1.82) is 0 Å². The summed E-state index contributed by atoms with van der Waals surface area (Å²) in [7, 11) is 1.90. The zero-order valence-corrected chi connectivity index (χ0v) is 11.8. The molecule has 1 aliphatic heterocycles. The van der Waals surface area contributed by atoms with E-state index in [2.05, 4.69) is 41.8 Å². The minimum Gasteiger partial charge on any atom is -0.329 e. The number of urea groups is 1. The maximum absolute atomic E-state index is 11.8. The van der Waals surface area contributed by atoms with Gasteiger partial charge in [0, 0.05) is 19.6 Å². The van der Waals surface area contributed by atoms with E-state index in [1.807, 2.05) is 11.9 Å². The van der Waals surface area contributed by atoms with Crippen LogP contribution in [-0.4, -0.2) is 37.6 Å². The van der Waals surface area contributed by atoms with Crippen molar-refractivity contribution < 1.29 is 4.79 Å². The van der Waals surface area contributed by atoms with Gasteiger partial charge in [-0.25, -0.2) is 4.79 Å². The van der Waals surface area contributed by atoms with E-state index in [4.69, 9.17) is 0 Å². The van der Waals surface area contributed by atoms with Gasteiger partial charge in [-0.05, 0) is 24.6 Å². The number of rotatable bonds is 6. The molecule has 1 fully saturated rings. The molecule has 2 N–H and O–H groups in total. The largest absolute Gasteiger partial charge is 0.329 e. The molecule has 0 radical (unpaired) electrons. The van der Waals surface area contributed by atoms with Crippen LogP contribution in [0.5, 0.6) is 0 Å². The van der Waals surface area contributed by atoms with Crippen LogP contribution < -0.4 is 10.6 Å². The van der Waals surface area contributed by atoms with E-state index in [0.29, 0.717) is 0 Å². The molecule has 0 spiro atoms. The lowest BCUT2D eigenvalue weighted by atomic mass is 10.0. The number of aryl methyl sites for hydroxylation is 1. The van der Waals surface area contributed by atoms with Gasteiger partial charge in [-0.15, -0.1) is 0 Å². The summed E-state index contributed by atoms with van der Waals surface area (Å²) in [5, 5.41) is 6.11. The number of benzene rings is 1. The average Bonchev–Trinajstić information content (AvgIpc) is 2.79. The predicted octanol–water partition coefficient (Wildman–Crippen LogP) is 1.92. The number of likely N-dealkylation sites (N-methyl/N-ethyl adjacent to an activating group) is 1. The first-order valence-electron chi connectivity index (χ1n) is 7.03. The summed E-state index contributed by atoms with van der Waals surface area (Å²) in [6.45, 7) is 4.53. The van der Waals surface area contributed by atoms with Gasteiger partial charge in [0.1, 0.15) is 0 Å². The summed E-state index contributed by atoms with van der Waals surface area (Å²) < 4.78 is 0. The minimum atomic E-state index is 0.0397. The van der Waals surface area contributed by atoms with Gasteiger partial charge < -0.3 is 15.5 Å². The smallest absolute Gasteiger partial charge is 0.318 e. The van der Waals surface area contributed by atoms with E-state index >= 15 is 0 Å². The lowest BCUT2D eigenvalue weighted by Crippen LogP contribution is -2.33. The average molecular weight is 261 g/mol. The fraction of sp³-hybridized carbons (Fsp3) is 0.533. The molecule has 104 valence electrons. The summed E-state index contributed by atoms with van der Waals surface area (Å²) >= 11 is 0. The summed E-state index contributed by atoms with van der Waals surface area (Å²) in [6, 6.07) is 8.77. The predicted molar refractivity (Wildman–Crippen MR) is 77.2 cm³/mol. The maximum atomic E-state index is 11.8. The number of carbonyl (C=O) groups excluding carboxylic acids is 1. The first kappa shape index (κ1) is 13.9. The van der Waals surface area contributed by atoms with Crippen LogP contribution in [0.1, 0.15) is 30.5 Å². The Hall–Kier alpha value is -1.55. The normalized spacial score (nSPS) is 18.7. The molecule has 0 saturated carbocycles. The molecular formula is C15H23N3O. The van der Waals surface area contributed by atoms with Crippen LogP contribution in [-0.2, 0) is 6.42 Å². The van der Waals surface area contributed by atoms with Crippen molar-refractivity contribution in [2.45, 2.75) is 25.8 Å². The van der Waals surface area contributed by atoms with Crippen LogP contribution in [0.3, 0.4) is 0 Å². The lowest BCUT2D eigenvalue weighted by molar-refractivity contribution is 0.218. The zero-order valence-electron chi connectivity index (χ0n) is 11.8. The molecule has 0 bridgehead atoms. The van der Waals surface area contributed by atoms with Crippen LogP contribution in [0.2, 0.25) is 0 Å². The number of nitrogens with zero attached hydrogens (tertiary/aromatic N) is 1. The molecule has 1 unspecified atom stereocenters. The fourth-order valence-electron chi connectivity index (χ4n) is 2.42. The van der Waals surface area contributed by atoms with Crippen molar-refractivity contribution in [1.82, 2.24) is 15.5 Å². The summed E-state index contributed by atoms with van der Waals surface area (Å²) in [5.74, 6) is 0. The fourth-order valence-corrected chi connectivity index (χ4v) is 2.42. The minimum absolute atomic E-state index is 0.0397. The third-order valence-corrected chi connectivity index (χ3v) is 3.54. The van der Waals surface area contributed by atoms with Gasteiger partial charge >= 0.3 is 6.03 Å². The van der Waals surface area contributed by atoms with E-state index in [9.17, 15) is 4.79 Å². The van der Waals surface area contributed by atoms with Crippen molar-refractivity contribution >= 4 is 6.03 Å². The second-order valence-electron chi connectivity index (χ2n) is 5.04. The Morgan fingerprint density at radius 3 is 2.74 bits per heavy atom. The monoisotopic (exact) mass is 261 g/mol. The molecule has 0 aliphatic carbocycles. The molecule has 0 aromatic heterocycles. The highest BCUT2D eigenvalue weighted by Gasteiger charge is 2.28. The van der Waals surface area contributed by atoms with Crippen LogP contribution >= 0.6 is 0 Å². The van der Waals surface area contributed by atoms with Gasteiger partial charge in [0.25, 0.3) is 0 Å². The topological polar surface area (TPSA) is 44.4 Å². The first-order valence-corrected chi connectivity index (χ1v) is 7.03. The van der Waals surface area contributed by atoms with E-state index in [1.165, 1.54) is 11.1 Å². The van der Waals surface area contributed by atoms with Gasteiger partial charge in [-0.1, -0.05) is 37.6 Å². The first-order chi connectivity index (χ1) is 9.24. The van der Waals surface area contributed by atoms with Crippen molar-refractivity contribution in [2.24, 2.45) is 0 Å². The Balaban J connectivity index is 1.97. The molecule has 4 heteroatoms. The number of hydrogen-bond donors (Lipinski definition) is 2. The van der Waals surface area contributed by atoms with Crippen LogP contribution in [0.15, 0.2) is 24.3 Å². The third kappa shape index (κ3) is 3.47. The van der Waals surface area contributed by atoms with Crippen LogP contribution in [0.25, 0.3) is 0 Å². The van der Waals surface area contributed by atoms with Crippen LogP contribution in [0, 0.1) is 0 Å². The number of hydrogen-bond acceptors (Lipinski definition) is 2. The van der Waals surface area contributed by atoms with Crippen molar-refractivity contribution in [3.63, 3.8) is 0 Å². The second kappa shape index (κ2) is 6.57. The molecule has 1 aromatic rings. The van der Waals surface area contributed by atoms with E-state index in [1.54, 1.807) is 0 Å². The Bertz CT molecular complexity index is 416. The maximum Gasteiger partial charge on any atom is 0.318 e. The van der Waals surface area contributed by atoms with Gasteiger partial charge in [0.15, 0.2) is 0 Å². The Kier molecular flexibility index (Phi) is 4.80. The molecule has 1 aliphatic rings. The Labute approximate surface area is 115 Å². The van der Waals surface area contributed by atoms with Gasteiger partial charge in [-0.2, -0.15) is 0 Å². The quantitative estimate of drug-likeness (QED) is 0.822. The Morgan fingerprint density at radius 2 is 2.11 bits per heavy atom. The molecule has 1 saturated heterocycles. The molecule has 2 amide bonds. The van der Waals surface area contributed by atoms with Gasteiger partial charge in [-0.3, -0.25) is 0 Å². The molecule has 2 rings (SSSR count). The molecule has 1 aromatic carbocycles. The highest BCUT2D eigenvalue weighted by molar-refractivity contribution is 5.77. The molecule has 19 heavy (non-hydrogen) atoms. The number of nitrogens with one attached hydrogen (secondary N) is 2. The summed E-state index contributed by atoms with van der Waals surface area (Å²) in [5.41, 5.74) is 2.56. The molecule has 1 heterocycles. The lowest BCUT2D eigenvalue weighted by Gasteiger charge is -2.14. The summed E-state index contributed by atoms with van der Waals surface area (Å²) in [4.78, 5) is 13.7. The highest BCUT2D eigenvalue weighted by atomic mass is 16.2. The van der Waals surface area contributed by atoms with Crippen LogP contribution in [0.4, 0.5) is 4.79 Å². The SMILES string of the molecule is CCCc1ccc(C2CN(CCNC)C(=O)N2)cc1. The standard InChI is InChI=1S/C15H23N3O/c1-3-4-12-5-7-13(8-6-12)14-11-18(10-9-16-2)15(19)17-14/h5-8,14,16H,3-4,9-11H2,1-2H3,(H,17,19). The third-order valence-electron chi connectivity index (χ3n) is 3.54. The van der Waals surface area contributed by atoms with Gasteiger partial charge in [0.05, 0.1) is 6.04 Å². The second-order valence-corrected chi connectivity index (χ2v) is 5.04. The number of carbonyl (C=O) groups is 1. The number of amides is 2. The summed E-state index contributed by atoms with van der Waals surface area (Å²) in [6.07, 6.45) is 2.28. The Morgan fingerprint density at radius 1 is 1.37 bits per heavy atom. The molecular weight excluding hydrogens is 238 g/mol. The van der Waals surface area contributed by atoms with E-state index in [-0.39, 0.29) is 12.1 Å². The highest BCUT2D eigenvalue weighted by Crippen LogP contribution is 2.20. The van der Waals surface area contributed by atoms with E-state index < -0.39 is 0 Å². The molecule has 1 atom stereocenters. The van der Waals surface area contributed by atoms with Crippen molar-refractivity contribution in [3.8, 4) is 0 Å². The molecule has 4 nitrogen and oxygen atoms in total.